The zero-order valence-corrected chi connectivity index (χ0v) is 17.6. The van der Waals surface area contributed by atoms with E-state index in [-0.39, 0.29) is 25.2 Å². The number of carbonyl (C=O) groups excluding carboxylic acids is 1. The van der Waals surface area contributed by atoms with E-state index in [0.717, 1.165) is 0 Å². The van der Waals surface area contributed by atoms with Crippen molar-refractivity contribution in [3.05, 3.63) is 0 Å². The molecular weight excluding hydrogens is 474 g/mol. The van der Waals surface area contributed by atoms with E-state index < -0.39 is 75.5 Å². The van der Waals surface area contributed by atoms with Gasteiger partial charge in [0.25, 0.3) is 0 Å². The molecule has 1 spiro atoms. The van der Waals surface area contributed by atoms with Gasteiger partial charge < -0.3 is 14.2 Å². The van der Waals surface area contributed by atoms with Crippen LogP contribution in [0.3, 0.4) is 0 Å². The summed E-state index contributed by atoms with van der Waals surface area (Å²) in [6, 6.07) is 0. The maximum Gasteiger partial charge on any atom is 0.405 e. The van der Waals surface area contributed by atoms with Crippen LogP contribution in [-0.4, -0.2) is 61.1 Å². The van der Waals surface area contributed by atoms with Gasteiger partial charge in [0.1, 0.15) is 13.2 Å². The van der Waals surface area contributed by atoms with Crippen molar-refractivity contribution in [1.82, 2.24) is 0 Å². The average molecular weight is 496 g/mol. The van der Waals surface area contributed by atoms with Gasteiger partial charge in [-0.2, -0.15) is 34.8 Å². The third-order valence-electron chi connectivity index (χ3n) is 7.35. The molecule has 14 heteroatoms. The first kappa shape index (κ1) is 24.0. The molecule has 5 aliphatic rings. The molecule has 7 nitrogen and oxygen atoms in total. The van der Waals surface area contributed by atoms with Crippen LogP contribution in [0.4, 0.5) is 26.3 Å². The van der Waals surface area contributed by atoms with E-state index in [1.165, 1.54) is 0 Å². The fourth-order valence-electron chi connectivity index (χ4n) is 5.87. The third-order valence-corrected chi connectivity index (χ3v) is 8.37. The second-order valence-electron chi connectivity index (χ2n) is 9.42. The normalized spacial score (nSPS) is 38.3. The summed E-state index contributed by atoms with van der Waals surface area (Å²) in [5.74, 6) is -13.4. The van der Waals surface area contributed by atoms with Crippen molar-refractivity contribution >= 4 is 16.1 Å². The predicted molar refractivity (Wildman–Crippen MR) is 92.6 cm³/mol. The van der Waals surface area contributed by atoms with E-state index in [2.05, 4.69) is 0 Å². The molecule has 5 rings (SSSR count). The predicted octanol–water partition coefficient (Wildman–Crippen LogP) is 3.24. The molecular formula is C18H22F6O7S. The lowest BCUT2D eigenvalue weighted by molar-refractivity contribution is -0.346. The van der Waals surface area contributed by atoms with Gasteiger partial charge in [-0.1, -0.05) is 0 Å². The highest BCUT2D eigenvalue weighted by molar-refractivity contribution is 7.86. The van der Waals surface area contributed by atoms with Crippen molar-refractivity contribution in [3.63, 3.8) is 0 Å². The quantitative estimate of drug-likeness (QED) is 0.363. The lowest BCUT2D eigenvalue weighted by Gasteiger charge is -2.62. The topological polar surface area (TPSA) is 99.1 Å². The van der Waals surface area contributed by atoms with Gasteiger partial charge in [0.15, 0.2) is 11.9 Å². The smallest absolute Gasteiger partial charge is 0.405 e. The summed E-state index contributed by atoms with van der Waals surface area (Å²) in [6.07, 6.45) is -1.76. The van der Waals surface area contributed by atoms with Crippen LogP contribution >= 0.6 is 0 Å². The highest BCUT2D eigenvalue weighted by Gasteiger charge is 2.70. The van der Waals surface area contributed by atoms with Gasteiger partial charge in [0.2, 0.25) is 0 Å². The molecule has 4 aliphatic carbocycles. The molecule has 0 aromatic rings. The van der Waals surface area contributed by atoms with Crippen LogP contribution in [0.15, 0.2) is 0 Å². The molecule has 5 fully saturated rings. The Bertz CT molecular complexity index is 871. The standard InChI is InChI=1S/C18H22F6O7S/c1-9(18(23,24)32(26,27)28)31-13(25)14-4-10-2-11(5-14)17(12(3-10)6-14)29-7-15(19,20)16(21,22)8-30-17/h9-12H,2-8H2,1H3,(H,26,27,28). The van der Waals surface area contributed by atoms with Gasteiger partial charge in [0.05, 0.1) is 5.41 Å². The Morgan fingerprint density at radius 2 is 1.50 bits per heavy atom. The molecule has 184 valence electrons. The monoisotopic (exact) mass is 496 g/mol. The number of halogens is 6. The van der Waals surface area contributed by atoms with Crippen LogP contribution < -0.4 is 0 Å². The molecule has 1 aliphatic heterocycles. The molecule has 4 saturated carbocycles. The minimum absolute atomic E-state index is 0.0971. The van der Waals surface area contributed by atoms with Crippen LogP contribution in [0.1, 0.15) is 39.0 Å². The Kier molecular flexibility index (Phi) is 5.22. The van der Waals surface area contributed by atoms with Crippen molar-refractivity contribution < 1.29 is 58.3 Å². The van der Waals surface area contributed by atoms with Crippen LogP contribution in [0.25, 0.3) is 0 Å². The molecule has 1 saturated heterocycles. The molecule has 1 N–H and O–H groups in total. The summed E-state index contributed by atoms with van der Waals surface area (Å²) in [7, 11) is -5.84. The van der Waals surface area contributed by atoms with Crippen LogP contribution in [0.2, 0.25) is 0 Å². The number of carbonyl (C=O) groups is 1. The van der Waals surface area contributed by atoms with E-state index in [1.807, 2.05) is 0 Å². The lowest BCUT2D eigenvalue weighted by atomic mass is 9.47. The van der Waals surface area contributed by atoms with Crippen LogP contribution in [0, 0.1) is 23.2 Å². The van der Waals surface area contributed by atoms with Gasteiger partial charge >= 0.3 is 33.2 Å². The molecule has 32 heavy (non-hydrogen) atoms. The number of hydrogen-bond donors (Lipinski definition) is 1. The number of ether oxygens (including phenoxy) is 3. The summed E-state index contributed by atoms with van der Waals surface area (Å²) in [5, 5.41) is -4.74. The second kappa shape index (κ2) is 6.95. The zero-order valence-electron chi connectivity index (χ0n) is 16.8. The summed E-state index contributed by atoms with van der Waals surface area (Å²) >= 11 is 0. The zero-order chi connectivity index (χ0) is 24.0. The number of hydrogen-bond acceptors (Lipinski definition) is 6. The van der Waals surface area contributed by atoms with Gasteiger partial charge in [-0.3, -0.25) is 9.35 Å². The van der Waals surface area contributed by atoms with Gasteiger partial charge in [-0.25, -0.2) is 0 Å². The van der Waals surface area contributed by atoms with Gasteiger partial charge in [-0.05, 0) is 44.9 Å². The maximum absolute atomic E-state index is 13.8. The summed E-state index contributed by atoms with van der Waals surface area (Å²) in [4.78, 5) is 12.9. The molecule has 3 unspecified atom stereocenters. The van der Waals surface area contributed by atoms with E-state index in [0.29, 0.717) is 19.8 Å². The Balaban J connectivity index is 1.57. The first-order valence-corrected chi connectivity index (χ1v) is 11.5. The van der Waals surface area contributed by atoms with Crippen LogP contribution in [-0.2, 0) is 29.1 Å². The molecule has 0 radical (unpaired) electrons. The van der Waals surface area contributed by atoms with E-state index in [9.17, 15) is 39.6 Å². The third kappa shape index (κ3) is 3.35. The number of alkyl halides is 6. The van der Waals surface area contributed by atoms with Crippen molar-refractivity contribution in [2.24, 2.45) is 23.2 Å². The van der Waals surface area contributed by atoms with Gasteiger partial charge in [-0.15, -0.1) is 0 Å². The lowest BCUT2D eigenvalue weighted by Crippen LogP contribution is -2.65. The minimum Gasteiger partial charge on any atom is -0.454 e. The minimum atomic E-state index is -5.84. The molecule has 3 atom stereocenters. The first-order valence-electron chi connectivity index (χ1n) is 10.1. The highest BCUT2D eigenvalue weighted by atomic mass is 32.2. The second-order valence-corrected chi connectivity index (χ2v) is 10.9. The van der Waals surface area contributed by atoms with Crippen molar-refractivity contribution in [1.29, 1.82) is 0 Å². The Morgan fingerprint density at radius 1 is 1.03 bits per heavy atom. The fraction of sp³-hybridized carbons (Fsp3) is 0.944. The Labute approximate surface area is 179 Å². The summed E-state index contributed by atoms with van der Waals surface area (Å²) < 4.78 is 129. The number of esters is 1. The maximum atomic E-state index is 13.8. The molecule has 0 aromatic carbocycles. The van der Waals surface area contributed by atoms with Crippen molar-refractivity contribution in [3.8, 4) is 0 Å². The van der Waals surface area contributed by atoms with Gasteiger partial charge in [0, 0.05) is 11.8 Å². The fourth-order valence-corrected chi connectivity index (χ4v) is 6.34. The molecule has 4 bridgehead atoms. The Hall–Kier alpha value is -1.12. The van der Waals surface area contributed by atoms with E-state index >= 15 is 0 Å². The van der Waals surface area contributed by atoms with E-state index in [1.54, 1.807) is 0 Å². The molecule has 0 amide bonds. The molecule has 1 heterocycles. The average Bonchev–Trinajstić information content (AvgIpc) is 2.74. The number of rotatable bonds is 4. The van der Waals surface area contributed by atoms with Crippen molar-refractivity contribution in [2.45, 2.75) is 68.0 Å². The molecule has 0 aromatic heterocycles. The summed E-state index contributed by atoms with van der Waals surface area (Å²) in [6.45, 7) is -2.51. The van der Waals surface area contributed by atoms with E-state index in [4.69, 9.17) is 18.8 Å². The van der Waals surface area contributed by atoms with Crippen molar-refractivity contribution in [2.75, 3.05) is 13.2 Å². The largest absolute Gasteiger partial charge is 0.454 e. The van der Waals surface area contributed by atoms with Crippen LogP contribution in [0.5, 0.6) is 0 Å². The SMILES string of the molecule is CC(OC(=O)C12CC3CC(C1)C1(OCC(F)(F)C(F)(F)CO1)C(C3)C2)C(F)(F)S(=O)(=O)O. The summed E-state index contributed by atoms with van der Waals surface area (Å²) in [5.41, 5.74) is -1.34. The first-order chi connectivity index (χ1) is 14.5. The Morgan fingerprint density at radius 3 is 1.94 bits per heavy atom. The highest BCUT2D eigenvalue weighted by Crippen LogP contribution is 2.66.